The van der Waals surface area contributed by atoms with Gasteiger partial charge < -0.3 is 10.0 Å². The fourth-order valence-electron chi connectivity index (χ4n) is 3.47. The summed E-state index contributed by atoms with van der Waals surface area (Å²) in [5.41, 5.74) is 3.99. The van der Waals surface area contributed by atoms with E-state index < -0.39 is 5.97 Å². The van der Waals surface area contributed by atoms with Gasteiger partial charge >= 0.3 is 5.97 Å². The molecule has 0 saturated carbocycles. The minimum atomic E-state index is -0.937. The van der Waals surface area contributed by atoms with Crippen molar-refractivity contribution in [2.75, 3.05) is 7.05 Å². The molecule has 0 saturated heterocycles. The first-order valence-corrected chi connectivity index (χ1v) is 8.66. The van der Waals surface area contributed by atoms with Crippen molar-refractivity contribution in [3.05, 3.63) is 70.8 Å². The zero-order valence-electron chi connectivity index (χ0n) is 14.4. The highest BCUT2D eigenvalue weighted by Gasteiger charge is 2.22. The van der Waals surface area contributed by atoms with E-state index in [2.05, 4.69) is 24.3 Å². The number of rotatable bonds is 5. The van der Waals surface area contributed by atoms with Crippen molar-refractivity contribution in [3.63, 3.8) is 0 Å². The molecule has 4 nitrogen and oxygen atoms in total. The Morgan fingerprint density at radius 3 is 2.44 bits per heavy atom. The molecule has 0 aromatic heterocycles. The molecule has 1 atom stereocenters. The SMILES string of the molecule is CN(Cc1ccc(C(=O)O)cc1)C(=O)CC1CCc2ccccc2C1. The van der Waals surface area contributed by atoms with Gasteiger partial charge in [-0.3, -0.25) is 4.79 Å². The zero-order chi connectivity index (χ0) is 17.8. The van der Waals surface area contributed by atoms with Gasteiger partial charge in [0.05, 0.1) is 5.56 Å². The van der Waals surface area contributed by atoms with Crippen molar-refractivity contribution in [3.8, 4) is 0 Å². The van der Waals surface area contributed by atoms with Crippen LogP contribution in [0.1, 0.15) is 39.9 Å². The second-order valence-corrected chi connectivity index (χ2v) is 6.83. The molecule has 1 aliphatic carbocycles. The summed E-state index contributed by atoms with van der Waals surface area (Å²) in [5.74, 6) is -0.389. The van der Waals surface area contributed by atoms with Gasteiger partial charge in [-0.15, -0.1) is 0 Å². The van der Waals surface area contributed by atoms with E-state index in [4.69, 9.17) is 5.11 Å². The second kappa shape index (κ2) is 7.51. The van der Waals surface area contributed by atoms with Crippen LogP contribution in [0.25, 0.3) is 0 Å². The zero-order valence-corrected chi connectivity index (χ0v) is 14.4. The Morgan fingerprint density at radius 2 is 1.76 bits per heavy atom. The molecular formula is C21H23NO3. The van der Waals surface area contributed by atoms with Crippen LogP contribution in [0.4, 0.5) is 0 Å². The number of carboxylic acid groups (broad SMARTS) is 1. The molecule has 0 spiro atoms. The summed E-state index contributed by atoms with van der Waals surface area (Å²) in [6.07, 6.45) is 3.65. The number of carbonyl (C=O) groups is 2. The smallest absolute Gasteiger partial charge is 0.335 e. The first-order chi connectivity index (χ1) is 12.0. The van der Waals surface area contributed by atoms with Crippen LogP contribution in [-0.4, -0.2) is 28.9 Å². The minimum Gasteiger partial charge on any atom is -0.478 e. The lowest BCUT2D eigenvalue weighted by atomic mass is 9.82. The number of hydrogen-bond acceptors (Lipinski definition) is 2. The molecular weight excluding hydrogens is 314 g/mol. The lowest BCUT2D eigenvalue weighted by molar-refractivity contribution is -0.131. The van der Waals surface area contributed by atoms with Crippen LogP contribution in [0.15, 0.2) is 48.5 Å². The van der Waals surface area contributed by atoms with Crippen molar-refractivity contribution in [2.45, 2.75) is 32.2 Å². The molecule has 2 aromatic rings. The van der Waals surface area contributed by atoms with Crippen LogP contribution in [0.3, 0.4) is 0 Å². The Hall–Kier alpha value is -2.62. The van der Waals surface area contributed by atoms with Crippen molar-refractivity contribution in [1.29, 1.82) is 0 Å². The van der Waals surface area contributed by atoms with Gasteiger partial charge in [-0.1, -0.05) is 36.4 Å². The highest BCUT2D eigenvalue weighted by atomic mass is 16.4. The number of carboxylic acids is 1. The molecule has 1 unspecified atom stereocenters. The molecule has 130 valence electrons. The van der Waals surface area contributed by atoms with Crippen LogP contribution in [-0.2, 0) is 24.2 Å². The standard InChI is InChI=1S/C21H23NO3/c1-22(14-15-6-10-18(11-7-15)21(24)25)20(23)13-16-8-9-17-4-2-3-5-19(17)12-16/h2-7,10-11,16H,8-9,12-14H2,1H3,(H,24,25). The summed E-state index contributed by atoms with van der Waals surface area (Å²) >= 11 is 0. The minimum absolute atomic E-state index is 0.145. The third-order valence-corrected chi connectivity index (χ3v) is 4.96. The highest BCUT2D eigenvalue weighted by Crippen LogP contribution is 2.27. The molecule has 4 heteroatoms. The molecule has 1 N–H and O–H groups in total. The number of benzene rings is 2. The van der Waals surface area contributed by atoms with Crippen LogP contribution in [0.2, 0.25) is 0 Å². The summed E-state index contributed by atoms with van der Waals surface area (Å²) in [6, 6.07) is 15.2. The Morgan fingerprint density at radius 1 is 1.08 bits per heavy atom. The topological polar surface area (TPSA) is 57.6 Å². The predicted molar refractivity (Wildman–Crippen MR) is 96.4 cm³/mol. The average molecular weight is 337 g/mol. The van der Waals surface area contributed by atoms with E-state index >= 15 is 0 Å². The second-order valence-electron chi connectivity index (χ2n) is 6.83. The Bertz CT molecular complexity index is 767. The monoisotopic (exact) mass is 337 g/mol. The van der Waals surface area contributed by atoms with E-state index in [0.29, 0.717) is 18.9 Å². The van der Waals surface area contributed by atoms with Gasteiger partial charge in [-0.25, -0.2) is 4.79 Å². The lowest BCUT2D eigenvalue weighted by Crippen LogP contribution is -2.29. The number of fused-ring (bicyclic) bond motifs is 1. The first kappa shape index (κ1) is 17.2. The third kappa shape index (κ3) is 4.27. The van der Waals surface area contributed by atoms with Crippen molar-refractivity contribution in [2.24, 2.45) is 5.92 Å². The molecule has 0 heterocycles. The van der Waals surface area contributed by atoms with Gasteiger partial charge in [-0.05, 0) is 54.0 Å². The van der Waals surface area contributed by atoms with Crippen LogP contribution >= 0.6 is 0 Å². The molecule has 0 bridgehead atoms. The third-order valence-electron chi connectivity index (χ3n) is 4.96. The molecule has 25 heavy (non-hydrogen) atoms. The fourth-order valence-corrected chi connectivity index (χ4v) is 3.47. The van der Waals surface area contributed by atoms with Gasteiger partial charge in [0, 0.05) is 20.0 Å². The number of amides is 1. The summed E-state index contributed by atoms with van der Waals surface area (Å²) in [7, 11) is 1.81. The van der Waals surface area contributed by atoms with Gasteiger partial charge in [0.1, 0.15) is 0 Å². The van der Waals surface area contributed by atoms with E-state index in [9.17, 15) is 9.59 Å². The van der Waals surface area contributed by atoms with Crippen LogP contribution < -0.4 is 0 Å². The molecule has 1 amide bonds. The molecule has 3 rings (SSSR count). The predicted octanol–water partition coefficient (Wildman–Crippen LogP) is 3.54. The molecule has 0 radical (unpaired) electrons. The van der Waals surface area contributed by atoms with Crippen molar-refractivity contribution in [1.82, 2.24) is 4.90 Å². The fraction of sp³-hybridized carbons (Fsp3) is 0.333. The van der Waals surface area contributed by atoms with Crippen LogP contribution in [0.5, 0.6) is 0 Å². The van der Waals surface area contributed by atoms with Gasteiger partial charge in [-0.2, -0.15) is 0 Å². The average Bonchev–Trinajstić information content (AvgIpc) is 2.62. The summed E-state index contributed by atoms with van der Waals surface area (Å²) in [5, 5.41) is 8.93. The van der Waals surface area contributed by atoms with E-state index in [1.54, 1.807) is 29.2 Å². The summed E-state index contributed by atoms with van der Waals surface area (Å²) < 4.78 is 0. The normalized spacial score (nSPS) is 16.1. The number of aryl methyl sites for hydroxylation is 1. The Balaban J connectivity index is 1.55. The number of aromatic carboxylic acids is 1. The Kier molecular flexibility index (Phi) is 5.17. The molecule has 1 aliphatic rings. The first-order valence-electron chi connectivity index (χ1n) is 8.66. The maximum atomic E-state index is 12.5. The van der Waals surface area contributed by atoms with E-state index in [-0.39, 0.29) is 11.5 Å². The molecule has 0 fully saturated rings. The number of nitrogens with zero attached hydrogens (tertiary/aromatic N) is 1. The lowest BCUT2D eigenvalue weighted by Gasteiger charge is -2.26. The van der Waals surface area contributed by atoms with Crippen LogP contribution in [0, 0.1) is 5.92 Å². The maximum Gasteiger partial charge on any atom is 0.335 e. The van der Waals surface area contributed by atoms with Gasteiger partial charge in [0.25, 0.3) is 0 Å². The quantitative estimate of drug-likeness (QED) is 0.908. The Labute approximate surface area is 148 Å². The van der Waals surface area contributed by atoms with E-state index in [1.165, 1.54) is 11.1 Å². The maximum absolute atomic E-state index is 12.5. The van der Waals surface area contributed by atoms with Gasteiger partial charge in [0.15, 0.2) is 0 Å². The van der Waals surface area contributed by atoms with E-state index in [1.807, 2.05) is 7.05 Å². The summed E-state index contributed by atoms with van der Waals surface area (Å²) in [4.78, 5) is 25.2. The van der Waals surface area contributed by atoms with Crippen molar-refractivity contribution >= 4 is 11.9 Å². The molecule has 0 aliphatic heterocycles. The molecule has 2 aromatic carbocycles. The van der Waals surface area contributed by atoms with Gasteiger partial charge in [0.2, 0.25) is 5.91 Å². The summed E-state index contributed by atoms with van der Waals surface area (Å²) in [6.45, 7) is 0.502. The number of hydrogen-bond donors (Lipinski definition) is 1. The van der Waals surface area contributed by atoms with Crippen molar-refractivity contribution < 1.29 is 14.7 Å². The van der Waals surface area contributed by atoms with E-state index in [0.717, 1.165) is 24.8 Å². The largest absolute Gasteiger partial charge is 0.478 e. The number of carbonyl (C=O) groups excluding carboxylic acids is 1. The highest BCUT2D eigenvalue weighted by molar-refractivity contribution is 5.87.